The maximum Gasteiger partial charge on any atom is 0.129 e. The Kier molecular flexibility index (Phi) is 3.28. The van der Waals surface area contributed by atoms with Crippen molar-refractivity contribution < 1.29 is 0 Å². The van der Waals surface area contributed by atoms with Crippen molar-refractivity contribution in [1.29, 1.82) is 0 Å². The van der Waals surface area contributed by atoms with Gasteiger partial charge in [0.1, 0.15) is 5.82 Å². The van der Waals surface area contributed by atoms with Gasteiger partial charge < -0.3 is 10.6 Å². The molecule has 2 N–H and O–H groups in total. The van der Waals surface area contributed by atoms with Gasteiger partial charge in [-0.3, -0.25) is 0 Å². The van der Waals surface area contributed by atoms with Crippen molar-refractivity contribution in [3.8, 4) is 0 Å². The number of nitrogen functional groups attached to an aromatic ring is 1. The molecule has 2 atom stereocenters. The van der Waals surface area contributed by atoms with Gasteiger partial charge in [-0.2, -0.15) is 11.8 Å². The van der Waals surface area contributed by atoms with Gasteiger partial charge in [0.2, 0.25) is 0 Å². The Morgan fingerprint density at radius 2 is 1.94 bits per heavy atom. The molecule has 1 aliphatic heterocycles. The molecule has 0 aromatic carbocycles. The molecule has 0 spiro atoms. The van der Waals surface area contributed by atoms with E-state index in [9.17, 15) is 0 Å². The number of hydrogen-bond donors (Lipinski definition) is 1. The average Bonchev–Trinajstić information content (AvgIpc) is 2.20. The molecule has 0 aliphatic carbocycles. The van der Waals surface area contributed by atoms with Gasteiger partial charge in [0.15, 0.2) is 0 Å². The molecule has 2 unspecified atom stereocenters. The van der Waals surface area contributed by atoms with Crippen molar-refractivity contribution in [3.05, 3.63) is 17.8 Å². The summed E-state index contributed by atoms with van der Waals surface area (Å²) >= 11 is 2.05. The molecule has 4 heteroatoms. The van der Waals surface area contributed by atoms with Gasteiger partial charge in [-0.1, -0.05) is 13.8 Å². The van der Waals surface area contributed by atoms with Crippen molar-refractivity contribution in [2.45, 2.75) is 31.3 Å². The number of rotatable bonds is 1. The minimum atomic E-state index is 0.670. The Morgan fingerprint density at radius 1 is 1.31 bits per heavy atom. The van der Waals surface area contributed by atoms with E-state index >= 15 is 0 Å². The first-order chi connectivity index (χ1) is 7.56. The van der Waals surface area contributed by atoms with Crippen LogP contribution in [0.4, 0.5) is 11.5 Å². The van der Waals surface area contributed by atoms with Gasteiger partial charge in [-0.05, 0) is 19.1 Å². The van der Waals surface area contributed by atoms with E-state index in [1.807, 2.05) is 19.1 Å². The van der Waals surface area contributed by atoms with Crippen LogP contribution in [0.15, 0.2) is 12.1 Å². The van der Waals surface area contributed by atoms with Crippen LogP contribution in [0.1, 0.15) is 19.5 Å². The number of aromatic nitrogens is 1. The van der Waals surface area contributed by atoms with E-state index in [-0.39, 0.29) is 0 Å². The van der Waals surface area contributed by atoms with E-state index < -0.39 is 0 Å². The lowest BCUT2D eigenvalue weighted by Crippen LogP contribution is -2.40. The van der Waals surface area contributed by atoms with E-state index in [1.54, 1.807) is 0 Å². The number of aryl methyl sites for hydroxylation is 1. The van der Waals surface area contributed by atoms with Crippen molar-refractivity contribution in [1.82, 2.24) is 4.98 Å². The van der Waals surface area contributed by atoms with Crippen molar-refractivity contribution in [2.24, 2.45) is 0 Å². The zero-order chi connectivity index (χ0) is 11.7. The summed E-state index contributed by atoms with van der Waals surface area (Å²) in [5.74, 6) is 1.06. The fraction of sp³-hybridized carbons (Fsp3) is 0.583. The van der Waals surface area contributed by atoms with E-state index in [0.29, 0.717) is 10.5 Å². The molecule has 1 saturated heterocycles. The molecule has 0 saturated carbocycles. The summed E-state index contributed by atoms with van der Waals surface area (Å²) in [6.45, 7) is 8.66. The number of nitrogens with two attached hydrogens (primary N) is 1. The molecular formula is C12H19N3S. The number of nitrogens with zero attached hydrogens (tertiary/aromatic N) is 2. The first-order valence-corrected chi connectivity index (χ1v) is 6.64. The molecule has 2 rings (SSSR count). The van der Waals surface area contributed by atoms with Gasteiger partial charge in [0.05, 0.1) is 11.4 Å². The summed E-state index contributed by atoms with van der Waals surface area (Å²) < 4.78 is 0. The van der Waals surface area contributed by atoms with Crippen LogP contribution in [-0.2, 0) is 0 Å². The Hall–Kier alpha value is -0.900. The minimum absolute atomic E-state index is 0.670. The second kappa shape index (κ2) is 4.53. The van der Waals surface area contributed by atoms with Gasteiger partial charge in [-0.25, -0.2) is 4.98 Å². The van der Waals surface area contributed by atoms with Crippen molar-refractivity contribution in [3.63, 3.8) is 0 Å². The maximum absolute atomic E-state index is 5.79. The van der Waals surface area contributed by atoms with Crippen LogP contribution in [0, 0.1) is 6.92 Å². The lowest BCUT2D eigenvalue weighted by molar-refractivity contribution is 0.717. The Balaban J connectivity index is 2.19. The highest BCUT2D eigenvalue weighted by Crippen LogP contribution is 2.28. The molecule has 16 heavy (non-hydrogen) atoms. The summed E-state index contributed by atoms with van der Waals surface area (Å²) in [4.78, 5) is 6.92. The topological polar surface area (TPSA) is 42.2 Å². The fourth-order valence-corrected chi connectivity index (χ4v) is 3.42. The van der Waals surface area contributed by atoms with Crippen molar-refractivity contribution in [2.75, 3.05) is 23.7 Å². The molecule has 88 valence electrons. The van der Waals surface area contributed by atoms with Crippen LogP contribution in [0.25, 0.3) is 0 Å². The van der Waals surface area contributed by atoms with E-state index in [2.05, 4.69) is 35.5 Å². The van der Waals surface area contributed by atoms with Crippen LogP contribution >= 0.6 is 11.8 Å². The first kappa shape index (κ1) is 11.6. The smallest absolute Gasteiger partial charge is 0.129 e. The lowest BCUT2D eigenvalue weighted by Gasteiger charge is -2.35. The summed E-state index contributed by atoms with van der Waals surface area (Å²) in [5.41, 5.74) is 7.49. The molecule has 2 heterocycles. The zero-order valence-electron chi connectivity index (χ0n) is 10.1. The van der Waals surface area contributed by atoms with E-state index in [1.165, 1.54) is 0 Å². The molecule has 1 aliphatic rings. The van der Waals surface area contributed by atoms with Crippen molar-refractivity contribution >= 4 is 23.3 Å². The van der Waals surface area contributed by atoms with Gasteiger partial charge in [0.25, 0.3) is 0 Å². The average molecular weight is 237 g/mol. The van der Waals surface area contributed by atoms with Crippen LogP contribution < -0.4 is 10.6 Å². The third-order valence-electron chi connectivity index (χ3n) is 2.86. The molecular weight excluding hydrogens is 218 g/mol. The summed E-state index contributed by atoms with van der Waals surface area (Å²) in [7, 11) is 0. The molecule has 1 fully saturated rings. The van der Waals surface area contributed by atoms with Crippen LogP contribution in [0.5, 0.6) is 0 Å². The van der Waals surface area contributed by atoms with Crippen LogP contribution in [-0.4, -0.2) is 28.6 Å². The molecule has 0 radical (unpaired) electrons. The lowest BCUT2D eigenvalue weighted by atomic mass is 10.2. The predicted molar refractivity (Wildman–Crippen MR) is 72.1 cm³/mol. The summed E-state index contributed by atoms with van der Waals surface area (Å²) in [5, 5.41) is 1.34. The summed E-state index contributed by atoms with van der Waals surface area (Å²) in [6, 6.07) is 3.98. The van der Waals surface area contributed by atoms with E-state index in [4.69, 9.17) is 5.73 Å². The quantitative estimate of drug-likeness (QED) is 0.814. The van der Waals surface area contributed by atoms with Gasteiger partial charge in [0, 0.05) is 23.6 Å². The SMILES string of the molecule is Cc1nc(N2CC(C)SC(C)C2)ccc1N. The standard InChI is InChI=1S/C12H19N3S/c1-8-6-15(7-9(2)16-8)12-5-4-11(13)10(3)14-12/h4-5,8-9H,6-7,13H2,1-3H3. The third kappa shape index (κ3) is 2.43. The van der Waals surface area contributed by atoms with Gasteiger partial charge in [-0.15, -0.1) is 0 Å². The maximum atomic E-state index is 5.79. The number of pyridine rings is 1. The molecule has 0 bridgehead atoms. The molecule has 0 amide bonds. The van der Waals surface area contributed by atoms with E-state index in [0.717, 1.165) is 30.3 Å². The fourth-order valence-electron chi connectivity index (χ4n) is 2.10. The normalized spacial score (nSPS) is 25.8. The Bertz CT molecular complexity index is 371. The minimum Gasteiger partial charge on any atom is -0.397 e. The predicted octanol–water partition coefficient (Wildman–Crippen LogP) is 2.30. The molecule has 1 aromatic rings. The second-order valence-corrected chi connectivity index (χ2v) is 6.39. The highest BCUT2D eigenvalue weighted by molar-refractivity contribution is 8.00. The number of anilines is 2. The largest absolute Gasteiger partial charge is 0.397 e. The first-order valence-electron chi connectivity index (χ1n) is 5.70. The monoisotopic (exact) mass is 237 g/mol. The van der Waals surface area contributed by atoms with Gasteiger partial charge >= 0.3 is 0 Å². The Labute approximate surface area is 101 Å². The highest BCUT2D eigenvalue weighted by Gasteiger charge is 2.23. The Morgan fingerprint density at radius 3 is 2.50 bits per heavy atom. The second-order valence-electron chi connectivity index (χ2n) is 4.51. The highest BCUT2D eigenvalue weighted by atomic mass is 32.2. The van der Waals surface area contributed by atoms with Crippen LogP contribution in [0.2, 0.25) is 0 Å². The third-order valence-corrected chi connectivity index (χ3v) is 4.08. The molecule has 1 aromatic heterocycles. The summed E-state index contributed by atoms with van der Waals surface area (Å²) in [6.07, 6.45) is 0. The number of thioether (sulfide) groups is 1. The zero-order valence-corrected chi connectivity index (χ0v) is 10.9. The molecule has 3 nitrogen and oxygen atoms in total. The number of hydrogen-bond acceptors (Lipinski definition) is 4. The van der Waals surface area contributed by atoms with Crippen LogP contribution in [0.3, 0.4) is 0 Å².